The summed E-state index contributed by atoms with van der Waals surface area (Å²) in [6, 6.07) is 11.6. The van der Waals surface area contributed by atoms with E-state index in [-0.39, 0.29) is 0 Å². The Hall–Kier alpha value is -1.24. The first-order valence-electron chi connectivity index (χ1n) is 4.59. The minimum Gasteiger partial charge on any atom is -0.365 e. The third-order valence-corrected chi connectivity index (χ3v) is 1.97. The lowest BCUT2D eigenvalue weighted by molar-refractivity contribution is 0.723. The smallest absolute Gasteiger partial charge is 0.0377 e. The van der Waals surface area contributed by atoms with Gasteiger partial charge in [0.05, 0.1) is 0 Å². The molecule has 1 radical (unpaired) electrons. The van der Waals surface area contributed by atoms with Crippen molar-refractivity contribution in [1.82, 2.24) is 0 Å². The molecule has 0 aliphatic carbocycles. The van der Waals surface area contributed by atoms with E-state index in [1.165, 1.54) is 5.69 Å². The minimum atomic E-state index is 0.494. The lowest BCUT2D eigenvalue weighted by Gasteiger charge is -2.27. The Bertz CT molecular complexity index is 251. The van der Waals surface area contributed by atoms with Crippen LogP contribution in [0.5, 0.6) is 0 Å². The Morgan fingerprint density at radius 2 is 2.38 bits per heavy atom. The molecule has 69 valence electrons. The highest BCUT2D eigenvalue weighted by atomic mass is 15.1. The molecule has 0 aliphatic rings. The van der Waals surface area contributed by atoms with Crippen LogP contribution in [0, 0.1) is 6.07 Å². The van der Waals surface area contributed by atoms with Crippen LogP contribution in [0.2, 0.25) is 0 Å². The van der Waals surface area contributed by atoms with Gasteiger partial charge in [0, 0.05) is 18.3 Å². The number of nitrogens with zero attached hydrogens (tertiary/aromatic N) is 1. The van der Waals surface area contributed by atoms with Crippen molar-refractivity contribution in [2.24, 2.45) is 0 Å². The van der Waals surface area contributed by atoms with Crippen LogP contribution in [-0.4, -0.2) is 12.6 Å². The third-order valence-electron chi connectivity index (χ3n) is 1.97. The van der Waals surface area contributed by atoms with E-state index in [0.29, 0.717) is 6.04 Å². The number of benzene rings is 1. The van der Waals surface area contributed by atoms with E-state index >= 15 is 0 Å². The van der Waals surface area contributed by atoms with Crippen molar-refractivity contribution in [2.75, 3.05) is 11.4 Å². The van der Waals surface area contributed by atoms with Crippen molar-refractivity contribution in [3.05, 3.63) is 43.0 Å². The van der Waals surface area contributed by atoms with Gasteiger partial charge in [-0.2, -0.15) is 0 Å². The zero-order valence-corrected chi connectivity index (χ0v) is 8.33. The summed E-state index contributed by atoms with van der Waals surface area (Å²) in [7, 11) is 0. The van der Waals surface area contributed by atoms with E-state index < -0.39 is 0 Å². The van der Waals surface area contributed by atoms with Gasteiger partial charge in [0.1, 0.15) is 0 Å². The molecular formula is C12H16N. The predicted molar refractivity (Wildman–Crippen MR) is 58.0 cm³/mol. The summed E-state index contributed by atoms with van der Waals surface area (Å²) in [4.78, 5) is 2.28. The first kappa shape index (κ1) is 9.85. The predicted octanol–water partition coefficient (Wildman–Crippen LogP) is 2.89. The second-order valence-electron chi connectivity index (χ2n) is 3.30. The summed E-state index contributed by atoms with van der Waals surface area (Å²) in [6.07, 6.45) is 1.92. The normalized spacial score (nSPS) is 10.1. The fraction of sp³-hybridized carbons (Fsp3) is 0.333. The van der Waals surface area contributed by atoms with Gasteiger partial charge in [0.2, 0.25) is 0 Å². The summed E-state index contributed by atoms with van der Waals surface area (Å²) >= 11 is 0. The second-order valence-corrected chi connectivity index (χ2v) is 3.30. The highest BCUT2D eigenvalue weighted by Crippen LogP contribution is 2.15. The van der Waals surface area contributed by atoms with Gasteiger partial charge in [-0.1, -0.05) is 18.2 Å². The Balaban J connectivity index is 2.82. The van der Waals surface area contributed by atoms with Gasteiger partial charge >= 0.3 is 0 Å². The van der Waals surface area contributed by atoms with Crippen molar-refractivity contribution in [2.45, 2.75) is 19.9 Å². The monoisotopic (exact) mass is 174 g/mol. The highest BCUT2D eigenvalue weighted by Gasteiger charge is 2.06. The summed E-state index contributed by atoms with van der Waals surface area (Å²) in [6.45, 7) is 9.00. The molecule has 1 rings (SSSR count). The van der Waals surface area contributed by atoms with Gasteiger partial charge in [-0.25, -0.2) is 0 Å². The van der Waals surface area contributed by atoms with E-state index in [0.717, 1.165) is 6.54 Å². The maximum absolute atomic E-state index is 3.76. The van der Waals surface area contributed by atoms with E-state index in [9.17, 15) is 0 Å². The molecule has 13 heavy (non-hydrogen) atoms. The Morgan fingerprint density at radius 1 is 1.62 bits per heavy atom. The average molecular weight is 174 g/mol. The molecule has 0 amide bonds. The zero-order chi connectivity index (χ0) is 9.68. The molecule has 1 aromatic carbocycles. The van der Waals surface area contributed by atoms with E-state index in [2.05, 4.69) is 37.5 Å². The average Bonchev–Trinajstić information content (AvgIpc) is 2.15. The first-order chi connectivity index (χ1) is 6.25. The van der Waals surface area contributed by atoms with Gasteiger partial charge in [0.15, 0.2) is 0 Å². The van der Waals surface area contributed by atoms with E-state index in [4.69, 9.17) is 0 Å². The summed E-state index contributed by atoms with van der Waals surface area (Å²) in [5.74, 6) is 0. The Morgan fingerprint density at radius 3 is 2.85 bits per heavy atom. The highest BCUT2D eigenvalue weighted by molar-refractivity contribution is 5.46. The quantitative estimate of drug-likeness (QED) is 0.634. The molecule has 0 aliphatic heterocycles. The van der Waals surface area contributed by atoms with Crippen molar-refractivity contribution >= 4 is 5.69 Å². The summed E-state index contributed by atoms with van der Waals surface area (Å²) < 4.78 is 0. The lowest BCUT2D eigenvalue weighted by atomic mass is 10.2. The Kier molecular flexibility index (Phi) is 3.56. The number of hydrogen-bond acceptors (Lipinski definition) is 1. The molecule has 0 heterocycles. The molecule has 0 saturated carbocycles. The number of rotatable bonds is 4. The molecule has 0 unspecified atom stereocenters. The molecule has 0 saturated heterocycles. The van der Waals surface area contributed by atoms with Gasteiger partial charge in [-0.15, -0.1) is 6.58 Å². The molecule has 1 aromatic rings. The van der Waals surface area contributed by atoms with Crippen LogP contribution in [-0.2, 0) is 0 Å². The second kappa shape index (κ2) is 4.70. The van der Waals surface area contributed by atoms with Gasteiger partial charge in [0.25, 0.3) is 0 Å². The molecule has 0 fully saturated rings. The van der Waals surface area contributed by atoms with E-state index in [1.54, 1.807) is 0 Å². The van der Waals surface area contributed by atoms with Gasteiger partial charge in [-0.05, 0) is 32.0 Å². The Labute approximate surface area is 80.7 Å². The van der Waals surface area contributed by atoms with Gasteiger partial charge < -0.3 is 4.90 Å². The maximum Gasteiger partial charge on any atom is 0.0377 e. The molecule has 0 N–H and O–H groups in total. The zero-order valence-electron chi connectivity index (χ0n) is 8.33. The van der Waals surface area contributed by atoms with Crippen LogP contribution in [0.3, 0.4) is 0 Å². The van der Waals surface area contributed by atoms with Crippen molar-refractivity contribution in [3.8, 4) is 0 Å². The fourth-order valence-electron chi connectivity index (χ4n) is 1.32. The largest absolute Gasteiger partial charge is 0.365 e. The van der Waals surface area contributed by atoms with Crippen LogP contribution < -0.4 is 4.90 Å². The number of hydrogen-bond donors (Lipinski definition) is 0. The molecule has 0 spiro atoms. The van der Waals surface area contributed by atoms with Crippen LogP contribution in [0.1, 0.15) is 13.8 Å². The molecule has 0 aromatic heterocycles. The van der Waals surface area contributed by atoms with Crippen molar-refractivity contribution in [1.29, 1.82) is 0 Å². The molecule has 1 heteroatoms. The first-order valence-corrected chi connectivity index (χ1v) is 4.59. The standard InChI is InChI=1S/C12H16N/c1-4-10-13(11(2)3)12-8-6-5-7-9-12/h4-6,8-9,11H,1,10H2,2-3H3. The minimum absolute atomic E-state index is 0.494. The number of anilines is 1. The molecule has 1 nitrogen and oxygen atoms in total. The van der Waals surface area contributed by atoms with Crippen molar-refractivity contribution in [3.63, 3.8) is 0 Å². The van der Waals surface area contributed by atoms with Crippen LogP contribution in [0.25, 0.3) is 0 Å². The summed E-state index contributed by atoms with van der Waals surface area (Å²) in [5.41, 5.74) is 1.21. The topological polar surface area (TPSA) is 3.24 Å². The lowest BCUT2D eigenvalue weighted by Crippen LogP contribution is -2.30. The van der Waals surface area contributed by atoms with Crippen molar-refractivity contribution < 1.29 is 0 Å². The molecule has 0 atom stereocenters. The molecular weight excluding hydrogens is 158 g/mol. The third kappa shape index (κ3) is 2.62. The summed E-state index contributed by atoms with van der Waals surface area (Å²) in [5, 5.41) is 0. The van der Waals surface area contributed by atoms with Crippen LogP contribution >= 0.6 is 0 Å². The van der Waals surface area contributed by atoms with Gasteiger partial charge in [-0.3, -0.25) is 0 Å². The molecule has 0 bridgehead atoms. The SMILES string of the molecule is C=CCN(c1c[c]ccc1)C(C)C. The van der Waals surface area contributed by atoms with E-state index in [1.807, 2.05) is 24.3 Å². The fourth-order valence-corrected chi connectivity index (χ4v) is 1.32. The van der Waals surface area contributed by atoms with Crippen LogP contribution in [0.4, 0.5) is 5.69 Å². The maximum atomic E-state index is 3.76. The van der Waals surface area contributed by atoms with Crippen LogP contribution in [0.15, 0.2) is 36.9 Å².